The molecule has 0 amide bonds. The number of hydrogen-bond acceptors (Lipinski definition) is 2. The van der Waals surface area contributed by atoms with Crippen LogP contribution in [0.15, 0.2) is 24.3 Å². The lowest BCUT2D eigenvalue weighted by Gasteiger charge is -2.26. The fourth-order valence-corrected chi connectivity index (χ4v) is 1.78. The van der Waals surface area contributed by atoms with Gasteiger partial charge in [-0.15, -0.1) is 12.4 Å². The van der Waals surface area contributed by atoms with Gasteiger partial charge in [0.05, 0.1) is 12.1 Å². The number of hydrogen-bond donors (Lipinski definition) is 2. The Labute approximate surface area is 84.2 Å². The summed E-state index contributed by atoms with van der Waals surface area (Å²) in [6, 6.07) is 7.89. The molecule has 0 aliphatic heterocycles. The first kappa shape index (κ1) is 10.5. The molecule has 0 spiro atoms. The van der Waals surface area contributed by atoms with Crippen LogP contribution in [-0.2, 0) is 6.42 Å². The smallest absolute Gasteiger partial charge is 0.0736 e. The molecule has 72 valence electrons. The average molecular weight is 200 g/mol. The van der Waals surface area contributed by atoms with Crippen LogP contribution < -0.4 is 5.73 Å². The predicted molar refractivity (Wildman–Crippen MR) is 54.9 cm³/mol. The molecule has 2 rings (SSSR count). The zero-order chi connectivity index (χ0) is 8.55. The van der Waals surface area contributed by atoms with Crippen molar-refractivity contribution in [2.75, 3.05) is 0 Å². The first-order valence-corrected chi connectivity index (χ1v) is 4.30. The molecule has 1 aromatic carbocycles. The van der Waals surface area contributed by atoms with Gasteiger partial charge in [0.2, 0.25) is 0 Å². The first-order chi connectivity index (χ1) is 5.79. The third-order valence-corrected chi connectivity index (χ3v) is 2.54. The van der Waals surface area contributed by atoms with E-state index in [1.54, 1.807) is 0 Å². The van der Waals surface area contributed by atoms with E-state index in [2.05, 4.69) is 6.07 Å². The highest BCUT2D eigenvalue weighted by Crippen LogP contribution is 2.27. The Morgan fingerprint density at radius 3 is 2.77 bits per heavy atom. The van der Waals surface area contributed by atoms with E-state index in [-0.39, 0.29) is 24.6 Å². The second-order valence-electron chi connectivity index (χ2n) is 3.33. The van der Waals surface area contributed by atoms with Crippen molar-refractivity contribution in [1.82, 2.24) is 0 Å². The minimum atomic E-state index is -0.361. The molecule has 3 heteroatoms. The van der Waals surface area contributed by atoms with Gasteiger partial charge in [-0.2, -0.15) is 0 Å². The summed E-state index contributed by atoms with van der Waals surface area (Å²) in [6.45, 7) is 0. The Bertz CT molecular complexity index is 290. The molecule has 2 nitrogen and oxygen atoms in total. The van der Waals surface area contributed by atoms with Crippen molar-refractivity contribution >= 4 is 12.4 Å². The molecule has 2 atom stereocenters. The summed E-state index contributed by atoms with van der Waals surface area (Å²) in [7, 11) is 0. The Hall–Kier alpha value is -0.570. The average Bonchev–Trinajstić information content (AvgIpc) is 2.12. The lowest BCUT2D eigenvalue weighted by molar-refractivity contribution is 0.128. The third-order valence-electron chi connectivity index (χ3n) is 2.54. The summed E-state index contributed by atoms with van der Waals surface area (Å²) in [5, 5.41) is 9.50. The Kier molecular flexibility index (Phi) is 3.31. The molecule has 0 unspecified atom stereocenters. The predicted octanol–water partition coefficient (Wildman–Crippen LogP) is 1.42. The number of fused-ring (bicyclic) bond motifs is 1. The first-order valence-electron chi connectivity index (χ1n) is 4.30. The summed E-state index contributed by atoms with van der Waals surface area (Å²) < 4.78 is 0. The van der Waals surface area contributed by atoms with Crippen molar-refractivity contribution in [2.24, 2.45) is 5.73 Å². The van der Waals surface area contributed by atoms with Gasteiger partial charge < -0.3 is 10.8 Å². The van der Waals surface area contributed by atoms with Gasteiger partial charge in [-0.25, -0.2) is 0 Å². The normalized spacial score (nSPS) is 26.0. The molecule has 0 heterocycles. The molecular formula is C10H14ClNO. The van der Waals surface area contributed by atoms with E-state index >= 15 is 0 Å². The number of rotatable bonds is 0. The monoisotopic (exact) mass is 199 g/mol. The second-order valence-corrected chi connectivity index (χ2v) is 3.33. The Morgan fingerprint density at radius 2 is 2.00 bits per heavy atom. The van der Waals surface area contributed by atoms with Crippen LogP contribution in [0.25, 0.3) is 0 Å². The van der Waals surface area contributed by atoms with E-state index < -0.39 is 0 Å². The van der Waals surface area contributed by atoms with Crippen LogP contribution in [0.1, 0.15) is 23.6 Å². The molecule has 13 heavy (non-hydrogen) atoms. The SMILES string of the molecule is Cl.N[C@H]1c2ccccc2CC[C@H]1O. The van der Waals surface area contributed by atoms with Crippen molar-refractivity contribution in [3.63, 3.8) is 0 Å². The zero-order valence-corrected chi connectivity index (χ0v) is 8.13. The molecule has 1 aliphatic rings. The third kappa shape index (κ3) is 1.85. The molecule has 3 N–H and O–H groups in total. The van der Waals surface area contributed by atoms with E-state index in [9.17, 15) is 5.11 Å². The van der Waals surface area contributed by atoms with Crippen molar-refractivity contribution in [2.45, 2.75) is 25.0 Å². The van der Waals surface area contributed by atoms with Crippen molar-refractivity contribution in [3.8, 4) is 0 Å². The van der Waals surface area contributed by atoms with E-state index in [0.717, 1.165) is 18.4 Å². The van der Waals surface area contributed by atoms with Crippen molar-refractivity contribution in [1.29, 1.82) is 0 Å². The highest BCUT2D eigenvalue weighted by atomic mass is 35.5. The van der Waals surface area contributed by atoms with Gasteiger partial charge in [0.15, 0.2) is 0 Å². The van der Waals surface area contributed by atoms with E-state index in [4.69, 9.17) is 5.73 Å². The minimum Gasteiger partial charge on any atom is -0.391 e. The molecule has 0 saturated carbocycles. The zero-order valence-electron chi connectivity index (χ0n) is 7.31. The van der Waals surface area contributed by atoms with Gasteiger partial charge in [-0.05, 0) is 24.0 Å². The molecule has 0 bridgehead atoms. The quantitative estimate of drug-likeness (QED) is 0.664. The molecule has 1 aromatic rings. The maximum Gasteiger partial charge on any atom is 0.0736 e. The van der Waals surface area contributed by atoms with E-state index in [1.165, 1.54) is 5.56 Å². The highest BCUT2D eigenvalue weighted by Gasteiger charge is 2.23. The fourth-order valence-electron chi connectivity index (χ4n) is 1.78. The minimum absolute atomic E-state index is 0. The van der Waals surface area contributed by atoms with E-state index in [0.29, 0.717) is 0 Å². The van der Waals surface area contributed by atoms with Gasteiger partial charge in [0.1, 0.15) is 0 Å². The molecule has 0 fully saturated rings. The standard InChI is InChI=1S/C10H13NO.ClH/c11-10-8-4-2-1-3-7(8)5-6-9(10)12;/h1-4,9-10,12H,5-6,11H2;1H/t9-,10+;/m1./s1. The summed E-state index contributed by atoms with van der Waals surface area (Å²) >= 11 is 0. The summed E-state index contributed by atoms with van der Waals surface area (Å²) in [4.78, 5) is 0. The maximum absolute atomic E-state index is 9.50. The number of aryl methyl sites for hydroxylation is 1. The molecular weight excluding hydrogens is 186 g/mol. The van der Waals surface area contributed by atoms with E-state index in [1.807, 2.05) is 18.2 Å². The van der Waals surface area contributed by atoms with Crippen molar-refractivity contribution < 1.29 is 5.11 Å². The van der Waals surface area contributed by atoms with Crippen molar-refractivity contribution in [3.05, 3.63) is 35.4 Å². The summed E-state index contributed by atoms with van der Waals surface area (Å²) in [5.74, 6) is 0. The van der Waals surface area contributed by atoms with Crippen LogP contribution >= 0.6 is 12.4 Å². The molecule has 1 aliphatic carbocycles. The maximum atomic E-state index is 9.50. The fraction of sp³-hybridized carbons (Fsp3) is 0.400. The van der Waals surface area contributed by atoms with Gasteiger partial charge in [0, 0.05) is 0 Å². The van der Waals surface area contributed by atoms with Crippen LogP contribution in [0.5, 0.6) is 0 Å². The molecule has 0 radical (unpaired) electrons. The number of halogens is 1. The topological polar surface area (TPSA) is 46.2 Å². The Balaban J connectivity index is 0.000000845. The van der Waals surface area contributed by atoms with Crippen LogP contribution in [0.3, 0.4) is 0 Å². The number of aliphatic hydroxyl groups is 1. The Morgan fingerprint density at radius 1 is 1.31 bits per heavy atom. The second kappa shape index (κ2) is 4.09. The largest absolute Gasteiger partial charge is 0.391 e. The van der Waals surface area contributed by atoms with Crippen LogP contribution in [0.4, 0.5) is 0 Å². The van der Waals surface area contributed by atoms with Gasteiger partial charge in [-0.1, -0.05) is 24.3 Å². The number of aliphatic hydroxyl groups excluding tert-OH is 1. The van der Waals surface area contributed by atoms with Gasteiger partial charge in [-0.3, -0.25) is 0 Å². The molecule has 0 saturated heterocycles. The number of benzene rings is 1. The lowest BCUT2D eigenvalue weighted by atomic mass is 9.86. The highest BCUT2D eigenvalue weighted by molar-refractivity contribution is 5.85. The summed E-state index contributed by atoms with van der Waals surface area (Å²) in [6.07, 6.45) is 1.38. The lowest BCUT2D eigenvalue weighted by Crippen LogP contribution is -2.31. The van der Waals surface area contributed by atoms with Gasteiger partial charge >= 0.3 is 0 Å². The van der Waals surface area contributed by atoms with Crippen LogP contribution in [-0.4, -0.2) is 11.2 Å². The van der Waals surface area contributed by atoms with Crippen LogP contribution in [0, 0.1) is 0 Å². The molecule has 0 aromatic heterocycles. The number of nitrogens with two attached hydrogens (primary N) is 1. The summed E-state index contributed by atoms with van der Waals surface area (Å²) in [5.41, 5.74) is 8.23. The van der Waals surface area contributed by atoms with Crippen LogP contribution in [0.2, 0.25) is 0 Å². The van der Waals surface area contributed by atoms with Gasteiger partial charge in [0.25, 0.3) is 0 Å².